The first-order chi connectivity index (χ1) is 16.2. The van der Waals surface area contributed by atoms with E-state index in [4.69, 9.17) is 18.9 Å². The molecule has 3 atom stereocenters. The Kier molecular flexibility index (Phi) is 19.2. The van der Waals surface area contributed by atoms with Crippen LogP contribution in [0.15, 0.2) is 0 Å². The van der Waals surface area contributed by atoms with Crippen molar-refractivity contribution in [3.05, 3.63) is 0 Å². The lowest BCUT2D eigenvalue weighted by atomic mass is 10.0. The molecule has 10 nitrogen and oxygen atoms in total. The highest BCUT2D eigenvalue weighted by Crippen LogP contribution is 2.31. The summed E-state index contributed by atoms with van der Waals surface area (Å²) in [6, 6.07) is 0.456. The van der Waals surface area contributed by atoms with Crippen LogP contribution in [0.5, 0.6) is 0 Å². The lowest BCUT2D eigenvalue weighted by Gasteiger charge is -2.22. The molecule has 1 fully saturated rings. The molecule has 0 aromatic heterocycles. The van der Waals surface area contributed by atoms with E-state index in [0.29, 0.717) is 77.5 Å². The molecular formula is C22H41N3O7S. The average molecular weight is 492 g/mol. The van der Waals surface area contributed by atoms with Gasteiger partial charge in [0.1, 0.15) is 6.29 Å². The second-order valence-corrected chi connectivity index (χ2v) is 8.85. The average Bonchev–Trinajstić information content (AvgIpc) is 3.21. The minimum absolute atomic E-state index is 0.0480. The number of nitrogens with one attached hydrogen (secondary N) is 3. The fourth-order valence-corrected chi connectivity index (χ4v) is 5.08. The number of aldehydes is 1. The smallest absolute Gasteiger partial charge is 0.220 e. The van der Waals surface area contributed by atoms with Crippen molar-refractivity contribution in [1.29, 1.82) is 0 Å². The molecule has 0 aromatic carbocycles. The number of thioether (sulfide) groups is 1. The molecule has 1 rings (SSSR count). The first kappa shape index (κ1) is 29.8. The Hall–Kier alpha value is -1.24. The number of likely N-dealkylation sites (N-methyl/N-ethyl adjacent to an activating group) is 1. The van der Waals surface area contributed by atoms with Crippen molar-refractivity contribution in [2.24, 2.45) is 0 Å². The molecule has 1 aliphatic rings. The maximum atomic E-state index is 11.9. The molecule has 0 aromatic rings. The number of rotatable bonds is 23. The zero-order chi connectivity index (χ0) is 24.0. The second-order valence-electron chi connectivity index (χ2n) is 7.58. The summed E-state index contributed by atoms with van der Waals surface area (Å²) in [5, 5.41) is 9.53. The quantitative estimate of drug-likeness (QED) is 0.135. The zero-order valence-electron chi connectivity index (χ0n) is 19.8. The highest BCUT2D eigenvalue weighted by atomic mass is 32.2. The Morgan fingerprint density at radius 3 is 2.18 bits per heavy atom. The summed E-state index contributed by atoms with van der Waals surface area (Å²) in [6.45, 7) is 4.24. The molecule has 2 amide bonds. The third kappa shape index (κ3) is 15.3. The normalized spacial score (nSPS) is 20.0. The van der Waals surface area contributed by atoms with Gasteiger partial charge >= 0.3 is 0 Å². The van der Waals surface area contributed by atoms with E-state index < -0.39 is 0 Å². The van der Waals surface area contributed by atoms with Crippen molar-refractivity contribution < 1.29 is 33.3 Å². The first-order valence-corrected chi connectivity index (χ1v) is 12.8. The molecule has 0 saturated carbocycles. The topological polar surface area (TPSA) is 124 Å². The molecule has 33 heavy (non-hydrogen) atoms. The second kappa shape index (κ2) is 21.3. The van der Waals surface area contributed by atoms with Gasteiger partial charge in [-0.15, -0.1) is 0 Å². The van der Waals surface area contributed by atoms with Crippen molar-refractivity contribution in [2.75, 3.05) is 72.2 Å². The van der Waals surface area contributed by atoms with Gasteiger partial charge in [-0.2, -0.15) is 11.8 Å². The molecule has 1 saturated heterocycles. The summed E-state index contributed by atoms with van der Waals surface area (Å²) >= 11 is 1.88. The number of hydrogen-bond acceptors (Lipinski definition) is 9. The third-order valence-electron chi connectivity index (χ3n) is 5.15. The predicted octanol–water partition coefficient (Wildman–Crippen LogP) is 0.136. The van der Waals surface area contributed by atoms with Crippen LogP contribution in [0.3, 0.4) is 0 Å². The van der Waals surface area contributed by atoms with Crippen LogP contribution in [-0.2, 0) is 33.3 Å². The summed E-state index contributed by atoms with van der Waals surface area (Å²) < 4.78 is 21.4. The Balaban J connectivity index is 1.84. The van der Waals surface area contributed by atoms with Gasteiger partial charge in [0.25, 0.3) is 0 Å². The van der Waals surface area contributed by atoms with Gasteiger partial charge in [0.05, 0.1) is 58.9 Å². The molecule has 3 unspecified atom stereocenters. The Morgan fingerprint density at radius 2 is 1.58 bits per heavy atom. The molecule has 3 N–H and O–H groups in total. The van der Waals surface area contributed by atoms with E-state index in [-0.39, 0.29) is 18.0 Å². The molecule has 1 aliphatic heterocycles. The van der Waals surface area contributed by atoms with Crippen LogP contribution in [0.4, 0.5) is 0 Å². The van der Waals surface area contributed by atoms with E-state index in [1.165, 1.54) is 0 Å². The fraction of sp³-hybridized carbons (Fsp3) is 0.864. The van der Waals surface area contributed by atoms with E-state index >= 15 is 0 Å². The number of hydrogen-bond donors (Lipinski definition) is 3. The van der Waals surface area contributed by atoms with E-state index in [9.17, 15) is 14.4 Å². The van der Waals surface area contributed by atoms with Crippen molar-refractivity contribution in [2.45, 2.75) is 49.4 Å². The van der Waals surface area contributed by atoms with Gasteiger partial charge in [0, 0.05) is 36.4 Å². The van der Waals surface area contributed by atoms with Gasteiger partial charge < -0.3 is 39.7 Å². The largest absolute Gasteiger partial charge is 0.379 e. The van der Waals surface area contributed by atoms with E-state index in [1.807, 2.05) is 18.8 Å². The lowest BCUT2D eigenvalue weighted by Crippen LogP contribution is -2.48. The molecule has 0 bridgehead atoms. The molecule has 0 aliphatic carbocycles. The van der Waals surface area contributed by atoms with Crippen LogP contribution in [0.1, 0.15) is 32.1 Å². The van der Waals surface area contributed by atoms with Gasteiger partial charge in [0.15, 0.2) is 0 Å². The van der Waals surface area contributed by atoms with Crippen LogP contribution in [0, 0.1) is 0 Å². The van der Waals surface area contributed by atoms with Crippen LogP contribution in [0.25, 0.3) is 0 Å². The SMILES string of the molecule is CNC1C(NC=O)CSC1CCCCC(=O)NCCOCCOCCOCCOCCC=O. The Bertz CT molecular complexity index is 516. The van der Waals surface area contributed by atoms with Crippen LogP contribution < -0.4 is 16.0 Å². The highest BCUT2D eigenvalue weighted by Gasteiger charge is 2.34. The van der Waals surface area contributed by atoms with Crippen molar-refractivity contribution in [1.82, 2.24) is 16.0 Å². The predicted molar refractivity (Wildman–Crippen MR) is 128 cm³/mol. The lowest BCUT2D eigenvalue weighted by molar-refractivity contribution is -0.121. The van der Waals surface area contributed by atoms with Crippen LogP contribution in [-0.4, -0.2) is 108 Å². The fourth-order valence-electron chi connectivity index (χ4n) is 3.46. The third-order valence-corrected chi connectivity index (χ3v) is 6.66. The number of ether oxygens (including phenoxy) is 4. The van der Waals surface area contributed by atoms with E-state index in [1.54, 1.807) is 0 Å². The molecular weight excluding hydrogens is 450 g/mol. The number of unbranched alkanes of at least 4 members (excludes halogenated alkanes) is 1. The summed E-state index contributed by atoms with van der Waals surface area (Å²) in [7, 11) is 1.93. The molecule has 1 heterocycles. The Morgan fingerprint density at radius 1 is 0.939 bits per heavy atom. The molecule has 0 spiro atoms. The molecule has 192 valence electrons. The van der Waals surface area contributed by atoms with Crippen molar-refractivity contribution in [3.63, 3.8) is 0 Å². The minimum atomic E-state index is 0.0480. The van der Waals surface area contributed by atoms with Gasteiger partial charge in [-0.1, -0.05) is 6.42 Å². The Labute approximate surface area is 201 Å². The number of carbonyl (C=O) groups is 3. The van der Waals surface area contributed by atoms with Gasteiger partial charge in [0.2, 0.25) is 12.3 Å². The van der Waals surface area contributed by atoms with Crippen LogP contribution in [0.2, 0.25) is 0 Å². The summed E-state index contributed by atoms with van der Waals surface area (Å²) in [5.41, 5.74) is 0. The van der Waals surface area contributed by atoms with Crippen molar-refractivity contribution >= 4 is 30.4 Å². The highest BCUT2D eigenvalue weighted by molar-refractivity contribution is 8.00. The van der Waals surface area contributed by atoms with Crippen molar-refractivity contribution in [3.8, 4) is 0 Å². The number of amides is 2. The zero-order valence-corrected chi connectivity index (χ0v) is 20.6. The van der Waals surface area contributed by atoms with E-state index in [2.05, 4.69) is 16.0 Å². The summed E-state index contributed by atoms with van der Waals surface area (Å²) in [4.78, 5) is 32.7. The first-order valence-electron chi connectivity index (χ1n) is 11.7. The van der Waals surface area contributed by atoms with Gasteiger partial charge in [-0.25, -0.2) is 0 Å². The molecule has 11 heteroatoms. The number of carbonyl (C=O) groups excluding carboxylic acids is 3. The van der Waals surface area contributed by atoms with Crippen LogP contribution >= 0.6 is 11.8 Å². The van der Waals surface area contributed by atoms with E-state index in [0.717, 1.165) is 37.7 Å². The standard InChI is InChI=1S/C22H41N3O7S/c1-23-22-19(25-18-27)17-33-20(22)5-2-3-6-21(28)24-7-10-30-12-14-32-16-15-31-13-11-29-9-4-8-26/h8,18-20,22-23H,2-7,9-17H2,1H3,(H,24,28)(H,25,27). The van der Waals surface area contributed by atoms with Gasteiger partial charge in [-0.05, 0) is 19.9 Å². The molecule has 0 radical (unpaired) electrons. The minimum Gasteiger partial charge on any atom is -0.379 e. The summed E-state index contributed by atoms with van der Waals surface area (Å²) in [5.74, 6) is 0.973. The maximum absolute atomic E-state index is 11.9. The monoisotopic (exact) mass is 491 g/mol. The summed E-state index contributed by atoms with van der Waals surface area (Å²) in [6.07, 6.45) is 5.40. The maximum Gasteiger partial charge on any atom is 0.220 e. The van der Waals surface area contributed by atoms with Gasteiger partial charge in [-0.3, -0.25) is 9.59 Å².